The number of ether oxygens (including phenoxy) is 1. The molecule has 0 saturated carbocycles. The third kappa shape index (κ3) is 5.17. The molecule has 0 bridgehead atoms. The van der Waals surface area contributed by atoms with Gasteiger partial charge in [-0.1, -0.05) is 23.4 Å². The van der Waals surface area contributed by atoms with Gasteiger partial charge < -0.3 is 24.2 Å². The van der Waals surface area contributed by atoms with Gasteiger partial charge in [-0.05, 0) is 43.9 Å². The molecule has 2 amide bonds. The largest absolute Gasteiger partial charge is 0.484 e. The first-order valence-corrected chi connectivity index (χ1v) is 11.8. The molecule has 2 aliphatic heterocycles. The Labute approximate surface area is 202 Å². The number of piperidine rings is 1. The van der Waals surface area contributed by atoms with Crippen LogP contribution in [0.3, 0.4) is 0 Å². The van der Waals surface area contributed by atoms with Gasteiger partial charge in [0.15, 0.2) is 6.61 Å². The molecule has 1 aromatic carbocycles. The lowest BCUT2D eigenvalue weighted by Crippen LogP contribution is -2.41. The number of rotatable bonds is 6. The number of para-hydroxylation sites is 1. The molecule has 1 N–H and O–H groups in total. The summed E-state index contributed by atoms with van der Waals surface area (Å²) in [4.78, 5) is 37.8. The molecule has 0 spiro atoms. The molecule has 35 heavy (non-hydrogen) atoms. The van der Waals surface area contributed by atoms with Gasteiger partial charge in [0.2, 0.25) is 11.7 Å². The predicted octanol–water partition coefficient (Wildman–Crippen LogP) is 2.47. The van der Waals surface area contributed by atoms with Gasteiger partial charge in [-0.3, -0.25) is 14.6 Å². The molecule has 2 aromatic heterocycles. The van der Waals surface area contributed by atoms with Crippen molar-refractivity contribution in [3.63, 3.8) is 0 Å². The lowest BCUT2D eigenvalue weighted by Gasteiger charge is -2.33. The fourth-order valence-electron chi connectivity index (χ4n) is 4.51. The van der Waals surface area contributed by atoms with Gasteiger partial charge in [-0.25, -0.2) is 0 Å². The first-order chi connectivity index (χ1) is 17.1. The summed E-state index contributed by atoms with van der Waals surface area (Å²) in [6.45, 7) is 1.35. The predicted molar refractivity (Wildman–Crippen MR) is 124 cm³/mol. The number of amides is 2. The van der Waals surface area contributed by atoms with Crippen LogP contribution in [-0.4, -0.2) is 74.2 Å². The van der Waals surface area contributed by atoms with E-state index in [1.54, 1.807) is 22.1 Å². The molecule has 4 heterocycles. The smallest absolute Gasteiger partial charge is 0.261 e. The van der Waals surface area contributed by atoms with Crippen molar-refractivity contribution in [2.24, 2.45) is 0 Å². The number of aromatic nitrogens is 3. The fraction of sp³-hybridized carbons (Fsp3) is 0.400. The number of aliphatic hydroxyl groups excluding tert-OH is 1. The van der Waals surface area contributed by atoms with Crippen molar-refractivity contribution in [2.45, 2.75) is 37.8 Å². The molecule has 2 fully saturated rings. The third-order valence-electron chi connectivity index (χ3n) is 6.35. The Bertz CT molecular complexity index is 1180. The highest BCUT2D eigenvalue weighted by molar-refractivity contribution is 5.95. The van der Waals surface area contributed by atoms with Crippen LogP contribution in [0.4, 0.5) is 0 Å². The Kier molecular flexibility index (Phi) is 6.71. The molecule has 3 aromatic rings. The first-order valence-electron chi connectivity index (χ1n) is 11.8. The van der Waals surface area contributed by atoms with E-state index in [-0.39, 0.29) is 24.5 Å². The van der Waals surface area contributed by atoms with Crippen molar-refractivity contribution < 1.29 is 24.0 Å². The zero-order valence-corrected chi connectivity index (χ0v) is 19.2. The standard InChI is InChI=1S/C25H27N5O5/c31-19-9-11-29(15-19)25(33)18-12-17(13-26-14-18)23-27-24(35-28-23)21-8-4-5-10-30(21)22(32)16-34-20-6-2-1-3-7-20/h1-3,6-7,12-14,19,21,31H,4-5,8-11,15-16H2/t19-,21?/m1/s1. The third-order valence-corrected chi connectivity index (χ3v) is 6.35. The van der Waals surface area contributed by atoms with Gasteiger partial charge in [0, 0.05) is 37.6 Å². The zero-order chi connectivity index (χ0) is 24.2. The van der Waals surface area contributed by atoms with Crippen LogP contribution in [0.25, 0.3) is 11.4 Å². The zero-order valence-electron chi connectivity index (χ0n) is 19.2. The molecule has 2 atom stereocenters. The van der Waals surface area contributed by atoms with Crippen LogP contribution >= 0.6 is 0 Å². The van der Waals surface area contributed by atoms with Crippen molar-refractivity contribution in [2.75, 3.05) is 26.2 Å². The topological polar surface area (TPSA) is 122 Å². The van der Waals surface area contributed by atoms with Crippen LogP contribution in [-0.2, 0) is 4.79 Å². The van der Waals surface area contributed by atoms with E-state index in [0.29, 0.717) is 61.1 Å². The lowest BCUT2D eigenvalue weighted by molar-refractivity contribution is -0.138. The van der Waals surface area contributed by atoms with Gasteiger partial charge >= 0.3 is 0 Å². The van der Waals surface area contributed by atoms with Gasteiger partial charge in [0.25, 0.3) is 11.8 Å². The Morgan fingerprint density at radius 2 is 1.97 bits per heavy atom. The highest BCUT2D eigenvalue weighted by Crippen LogP contribution is 2.31. The molecular formula is C25H27N5O5. The maximum Gasteiger partial charge on any atom is 0.261 e. The molecule has 182 valence electrons. The summed E-state index contributed by atoms with van der Waals surface area (Å²) in [5.74, 6) is 0.969. The molecule has 2 aliphatic rings. The number of nitrogens with zero attached hydrogens (tertiary/aromatic N) is 5. The van der Waals surface area contributed by atoms with E-state index in [1.165, 1.54) is 6.20 Å². The van der Waals surface area contributed by atoms with Crippen molar-refractivity contribution in [3.05, 3.63) is 60.2 Å². The number of likely N-dealkylation sites (tertiary alicyclic amines) is 2. The maximum atomic E-state index is 12.9. The number of hydrogen-bond donors (Lipinski definition) is 1. The molecule has 1 unspecified atom stereocenters. The van der Waals surface area contributed by atoms with E-state index in [2.05, 4.69) is 15.1 Å². The quantitative estimate of drug-likeness (QED) is 0.575. The summed E-state index contributed by atoms with van der Waals surface area (Å²) < 4.78 is 11.2. The van der Waals surface area contributed by atoms with E-state index in [0.717, 1.165) is 12.8 Å². The second-order valence-electron chi connectivity index (χ2n) is 8.81. The van der Waals surface area contributed by atoms with E-state index < -0.39 is 6.10 Å². The molecule has 2 saturated heterocycles. The van der Waals surface area contributed by atoms with Crippen LogP contribution < -0.4 is 4.74 Å². The number of benzene rings is 1. The summed E-state index contributed by atoms with van der Waals surface area (Å²) in [5.41, 5.74) is 0.946. The summed E-state index contributed by atoms with van der Waals surface area (Å²) in [6, 6.07) is 10.6. The Morgan fingerprint density at radius 1 is 1.11 bits per heavy atom. The number of pyridine rings is 1. The molecule has 0 aliphatic carbocycles. The minimum Gasteiger partial charge on any atom is -0.484 e. The van der Waals surface area contributed by atoms with E-state index in [9.17, 15) is 14.7 Å². The van der Waals surface area contributed by atoms with Gasteiger partial charge in [-0.2, -0.15) is 4.98 Å². The lowest BCUT2D eigenvalue weighted by atomic mass is 10.0. The summed E-state index contributed by atoms with van der Waals surface area (Å²) in [7, 11) is 0. The fourth-order valence-corrected chi connectivity index (χ4v) is 4.51. The Hall–Kier alpha value is -3.79. The number of carbonyl (C=O) groups is 2. The molecule has 0 radical (unpaired) electrons. The summed E-state index contributed by atoms with van der Waals surface area (Å²) in [6.07, 6.45) is 5.70. The highest BCUT2D eigenvalue weighted by atomic mass is 16.5. The number of β-amino-alcohol motifs (C(OH)–C–C–N with tert-alkyl or cyclic N) is 1. The molecule has 10 heteroatoms. The first kappa shape index (κ1) is 23.0. The van der Waals surface area contributed by atoms with Gasteiger partial charge in [-0.15, -0.1) is 0 Å². The molecular weight excluding hydrogens is 450 g/mol. The monoisotopic (exact) mass is 477 g/mol. The SMILES string of the molecule is O=C(c1cncc(-c2noc(C3CCCCN3C(=O)COc3ccccc3)n2)c1)N1CC[C@@H](O)C1. The van der Waals surface area contributed by atoms with Gasteiger partial charge in [0.05, 0.1) is 11.7 Å². The van der Waals surface area contributed by atoms with Crippen molar-refractivity contribution in [1.29, 1.82) is 0 Å². The van der Waals surface area contributed by atoms with Crippen LogP contribution in [0.1, 0.15) is 48.0 Å². The molecule has 10 nitrogen and oxygen atoms in total. The van der Waals surface area contributed by atoms with Crippen LogP contribution in [0.15, 0.2) is 53.3 Å². The number of hydrogen-bond acceptors (Lipinski definition) is 8. The average molecular weight is 478 g/mol. The van der Waals surface area contributed by atoms with E-state index in [1.807, 2.05) is 30.3 Å². The van der Waals surface area contributed by atoms with Crippen LogP contribution in [0.5, 0.6) is 5.75 Å². The summed E-state index contributed by atoms with van der Waals surface area (Å²) >= 11 is 0. The van der Waals surface area contributed by atoms with Gasteiger partial charge in [0.1, 0.15) is 11.8 Å². The average Bonchev–Trinajstić information content (AvgIpc) is 3.57. The Balaban J connectivity index is 1.29. The minimum absolute atomic E-state index is 0.0687. The minimum atomic E-state index is -0.492. The van der Waals surface area contributed by atoms with Crippen molar-refractivity contribution in [3.8, 4) is 17.1 Å². The van der Waals surface area contributed by atoms with Crippen molar-refractivity contribution >= 4 is 11.8 Å². The highest BCUT2D eigenvalue weighted by Gasteiger charge is 2.33. The number of aliphatic hydroxyl groups is 1. The van der Waals surface area contributed by atoms with Crippen molar-refractivity contribution in [1.82, 2.24) is 24.9 Å². The Morgan fingerprint density at radius 3 is 2.77 bits per heavy atom. The van der Waals surface area contributed by atoms with E-state index >= 15 is 0 Å². The maximum absolute atomic E-state index is 12.9. The normalized spacial score (nSPS) is 20.1. The van der Waals surface area contributed by atoms with Crippen LogP contribution in [0.2, 0.25) is 0 Å². The molecule has 5 rings (SSSR count). The summed E-state index contributed by atoms with van der Waals surface area (Å²) in [5, 5.41) is 13.8. The number of carbonyl (C=O) groups excluding carboxylic acids is 2. The second kappa shape index (κ2) is 10.2. The van der Waals surface area contributed by atoms with Crippen LogP contribution in [0, 0.1) is 0 Å². The second-order valence-corrected chi connectivity index (χ2v) is 8.81. The van der Waals surface area contributed by atoms with E-state index in [4.69, 9.17) is 9.26 Å².